The minimum atomic E-state index is 0.0843. The number of likely N-dealkylation sites (tertiary alicyclic amines) is 1. The highest BCUT2D eigenvalue weighted by Crippen LogP contribution is 2.33. The van der Waals surface area contributed by atoms with Crippen molar-refractivity contribution in [3.8, 4) is 0 Å². The molecule has 22 heavy (non-hydrogen) atoms. The summed E-state index contributed by atoms with van der Waals surface area (Å²) >= 11 is 1.86. The van der Waals surface area contributed by atoms with E-state index in [4.69, 9.17) is 4.74 Å². The Hall–Kier alpha value is -0.910. The van der Waals surface area contributed by atoms with Gasteiger partial charge in [-0.2, -0.15) is 0 Å². The lowest BCUT2D eigenvalue weighted by Crippen LogP contribution is -2.52. The molecule has 0 radical (unpaired) electrons. The number of carbonyl (C=O) groups excluding carboxylic acids is 1. The van der Waals surface area contributed by atoms with E-state index in [1.54, 1.807) is 0 Å². The van der Waals surface area contributed by atoms with Gasteiger partial charge in [-0.15, -0.1) is 11.3 Å². The smallest absolute Gasteiger partial charge is 0.224 e. The van der Waals surface area contributed by atoms with Crippen LogP contribution in [0.15, 0.2) is 12.1 Å². The Kier molecular flexibility index (Phi) is 3.96. The zero-order chi connectivity index (χ0) is 15.1. The second kappa shape index (κ2) is 5.95. The van der Waals surface area contributed by atoms with Gasteiger partial charge in [0.05, 0.1) is 12.0 Å². The molecule has 3 atom stereocenters. The van der Waals surface area contributed by atoms with Crippen molar-refractivity contribution in [3.05, 3.63) is 21.9 Å². The Morgan fingerprint density at radius 3 is 3.00 bits per heavy atom. The van der Waals surface area contributed by atoms with Crippen LogP contribution in [-0.2, 0) is 16.1 Å². The molecule has 0 bridgehead atoms. The summed E-state index contributed by atoms with van der Waals surface area (Å²) in [5.74, 6) is 0.324. The third-order valence-electron chi connectivity index (χ3n) is 5.06. The number of carbonyl (C=O) groups is 1. The predicted octanol–water partition coefficient (Wildman–Crippen LogP) is 2.31. The first-order valence-corrected chi connectivity index (χ1v) is 9.22. The summed E-state index contributed by atoms with van der Waals surface area (Å²) in [5.41, 5.74) is 0. The molecule has 2 saturated heterocycles. The van der Waals surface area contributed by atoms with E-state index in [-0.39, 0.29) is 17.9 Å². The summed E-state index contributed by atoms with van der Waals surface area (Å²) in [6, 6.07) is 5.35. The molecule has 1 amide bonds. The second-order valence-electron chi connectivity index (χ2n) is 6.92. The lowest BCUT2D eigenvalue weighted by Gasteiger charge is -2.40. The normalized spacial score (nSPS) is 32.0. The molecule has 4 nitrogen and oxygen atoms in total. The minimum Gasteiger partial charge on any atom is -0.377 e. The summed E-state index contributed by atoms with van der Waals surface area (Å²) in [6.07, 6.45) is 4.54. The Balaban J connectivity index is 1.46. The first-order valence-electron chi connectivity index (χ1n) is 8.40. The van der Waals surface area contributed by atoms with Gasteiger partial charge in [-0.25, -0.2) is 0 Å². The van der Waals surface area contributed by atoms with Crippen LogP contribution in [0.3, 0.4) is 0 Å². The maximum Gasteiger partial charge on any atom is 0.224 e. The highest BCUT2D eigenvalue weighted by molar-refractivity contribution is 7.11. The largest absolute Gasteiger partial charge is 0.377 e. The number of fused-ring (bicyclic) bond motifs is 1. The molecule has 0 spiro atoms. The van der Waals surface area contributed by atoms with Gasteiger partial charge in [-0.1, -0.05) is 0 Å². The molecule has 3 fully saturated rings. The van der Waals surface area contributed by atoms with Gasteiger partial charge in [0.15, 0.2) is 0 Å². The van der Waals surface area contributed by atoms with Crippen molar-refractivity contribution in [2.24, 2.45) is 5.92 Å². The highest BCUT2D eigenvalue weighted by Gasteiger charge is 2.42. The molecule has 5 heteroatoms. The van der Waals surface area contributed by atoms with Gasteiger partial charge in [0.25, 0.3) is 0 Å². The number of amides is 1. The van der Waals surface area contributed by atoms with Gasteiger partial charge in [-0.05, 0) is 44.7 Å². The van der Waals surface area contributed by atoms with E-state index in [9.17, 15) is 4.79 Å². The van der Waals surface area contributed by atoms with Crippen LogP contribution in [0.2, 0.25) is 0 Å². The van der Waals surface area contributed by atoms with Crippen molar-refractivity contribution in [3.63, 3.8) is 0 Å². The first kappa shape index (κ1) is 14.7. The number of aryl methyl sites for hydroxylation is 1. The second-order valence-corrected chi connectivity index (χ2v) is 8.30. The number of hydrogen-bond donors (Lipinski definition) is 1. The van der Waals surface area contributed by atoms with E-state index < -0.39 is 0 Å². The molecule has 1 aromatic heterocycles. The number of nitrogens with zero attached hydrogens (tertiary/aromatic N) is 1. The van der Waals surface area contributed by atoms with Gasteiger partial charge in [-0.3, -0.25) is 9.69 Å². The van der Waals surface area contributed by atoms with Crippen LogP contribution >= 0.6 is 11.3 Å². The third kappa shape index (κ3) is 3.07. The number of nitrogens with one attached hydrogen (secondary N) is 1. The number of piperidine rings is 1. The lowest BCUT2D eigenvalue weighted by atomic mass is 9.89. The molecule has 1 saturated carbocycles. The first-order chi connectivity index (χ1) is 10.7. The van der Waals surface area contributed by atoms with Crippen molar-refractivity contribution in [1.29, 1.82) is 0 Å². The average molecular weight is 320 g/mol. The van der Waals surface area contributed by atoms with Crippen molar-refractivity contribution in [2.45, 2.75) is 57.3 Å². The SMILES string of the molecule is Cc1ccc(CN2C[C@@H](C(=O)NC3CC3)C[C@H]3OCC[C@H]32)s1. The molecule has 1 N–H and O–H groups in total. The minimum absolute atomic E-state index is 0.0843. The van der Waals surface area contributed by atoms with Crippen molar-refractivity contribution in [2.75, 3.05) is 13.2 Å². The molecule has 3 aliphatic rings. The fourth-order valence-corrected chi connectivity index (χ4v) is 4.66. The molecule has 3 heterocycles. The highest BCUT2D eigenvalue weighted by atomic mass is 32.1. The van der Waals surface area contributed by atoms with Crippen LogP contribution in [0.25, 0.3) is 0 Å². The van der Waals surface area contributed by atoms with E-state index in [0.717, 1.165) is 45.4 Å². The third-order valence-corrected chi connectivity index (χ3v) is 6.05. The number of ether oxygens (including phenoxy) is 1. The van der Waals surface area contributed by atoms with Crippen LogP contribution in [0.1, 0.15) is 35.4 Å². The molecule has 1 aromatic rings. The van der Waals surface area contributed by atoms with Crippen LogP contribution < -0.4 is 5.32 Å². The molecule has 0 aromatic carbocycles. The average Bonchev–Trinajstić information content (AvgIpc) is 3.01. The Bertz CT molecular complexity index is 555. The van der Waals surface area contributed by atoms with E-state index >= 15 is 0 Å². The summed E-state index contributed by atoms with van der Waals surface area (Å²) in [5, 5.41) is 3.17. The molecular weight excluding hydrogens is 296 g/mol. The zero-order valence-corrected chi connectivity index (χ0v) is 13.9. The van der Waals surface area contributed by atoms with Gasteiger partial charge >= 0.3 is 0 Å². The quantitative estimate of drug-likeness (QED) is 0.926. The fourth-order valence-electron chi connectivity index (χ4n) is 3.74. The van der Waals surface area contributed by atoms with E-state index in [0.29, 0.717) is 12.1 Å². The van der Waals surface area contributed by atoms with Gasteiger partial charge < -0.3 is 10.1 Å². The molecule has 0 unspecified atom stereocenters. The summed E-state index contributed by atoms with van der Waals surface area (Å²) in [6.45, 7) is 4.82. The number of hydrogen-bond acceptors (Lipinski definition) is 4. The van der Waals surface area contributed by atoms with Crippen LogP contribution in [0.5, 0.6) is 0 Å². The van der Waals surface area contributed by atoms with Crippen molar-refractivity contribution >= 4 is 17.2 Å². The van der Waals surface area contributed by atoms with Crippen LogP contribution in [0, 0.1) is 12.8 Å². The standard InChI is InChI=1S/C17H24N2O2S/c1-11-2-5-14(22-11)10-19-9-12(17(20)18-13-3-4-13)8-16-15(19)6-7-21-16/h2,5,12-13,15-16H,3-4,6-10H2,1H3,(H,18,20)/t12-,15+,16+/m0/s1. The topological polar surface area (TPSA) is 41.6 Å². The van der Waals surface area contributed by atoms with Crippen molar-refractivity contribution < 1.29 is 9.53 Å². The zero-order valence-electron chi connectivity index (χ0n) is 13.1. The van der Waals surface area contributed by atoms with Crippen LogP contribution in [-0.4, -0.2) is 42.1 Å². The summed E-state index contributed by atoms with van der Waals surface area (Å²) < 4.78 is 5.91. The monoisotopic (exact) mass is 320 g/mol. The molecule has 1 aliphatic carbocycles. The van der Waals surface area contributed by atoms with Gasteiger partial charge in [0, 0.05) is 41.5 Å². The number of rotatable bonds is 4. The molecule has 4 rings (SSSR count). The van der Waals surface area contributed by atoms with Gasteiger partial charge in [0.1, 0.15) is 0 Å². The Morgan fingerprint density at radius 1 is 1.41 bits per heavy atom. The Morgan fingerprint density at radius 2 is 2.27 bits per heavy atom. The Labute approximate surface area is 135 Å². The molecule has 120 valence electrons. The van der Waals surface area contributed by atoms with E-state index in [1.165, 1.54) is 9.75 Å². The summed E-state index contributed by atoms with van der Waals surface area (Å²) in [7, 11) is 0. The van der Waals surface area contributed by atoms with E-state index in [2.05, 4.69) is 29.3 Å². The van der Waals surface area contributed by atoms with Gasteiger partial charge in [0.2, 0.25) is 5.91 Å². The number of thiophene rings is 1. The fraction of sp³-hybridized carbons (Fsp3) is 0.706. The summed E-state index contributed by atoms with van der Waals surface area (Å²) in [4.78, 5) is 17.7. The van der Waals surface area contributed by atoms with Crippen molar-refractivity contribution in [1.82, 2.24) is 10.2 Å². The lowest BCUT2D eigenvalue weighted by molar-refractivity contribution is -0.129. The van der Waals surface area contributed by atoms with E-state index in [1.807, 2.05) is 11.3 Å². The van der Waals surface area contributed by atoms with Crippen LogP contribution in [0.4, 0.5) is 0 Å². The maximum absolute atomic E-state index is 12.4. The molecule has 2 aliphatic heterocycles. The predicted molar refractivity (Wildman–Crippen MR) is 86.9 cm³/mol. The molecular formula is C17H24N2O2S. The maximum atomic E-state index is 12.4.